The Morgan fingerprint density at radius 1 is 1.37 bits per heavy atom. The van der Waals surface area contributed by atoms with Gasteiger partial charge in [0, 0.05) is 16.4 Å². The van der Waals surface area contributed by atoms with E-state index in [9.17, 15) is 4.79 Å². The summed E-state index contributed by atoms with van der Waals surface area (Å²) in [5, 5.41) is 3.33. The summed E-state index contributed by atoms with van der Waals surface area (Å²) >= 11 is 9.43. The Bertz CT molecular complexity index is 652. The van der Waals surface area contributed by atoms with Crippen LogP contribution in [-0.2, 0) is 0 Å². The summed E-state index contributed by atoms with van der Waals surface area (Å²) in [6.07, 6.45) is 0. The molecule has 0 aliphatic heterocycles. The van der Waals surface area contributed by atoms with Crippen molar-refractivity contribution in [3.63, 3.8) is 0 Å². The largest absolute Gasteiger partial charge is 0.436 e. The van der Waals surface area contributed by atoms with Crippen LogP contribution >= 0.6 is 27.5 Å². The molecule has 1 aromatic carbocycles. The number of aryl methyl sites for hydroxylation is 3. The van der Waals surface area contributed by atoms with E-state index in [1.807, 2.05) is 13.0 Å². The van der Waals surface area contributed by atoms with Crippen molar-refractivity contribution < 1.29 is 9.21 Å². The van der Waals surface area contributed by atoms with Gasteiger partial charge in [0.1, 0.15) is 0 Å². The molecule has 0 atom stereocenters. The fourth-order valence-corrected chi connectivity index (χ4v) is 2.38. The maximum Gasteiger partial charge on any atom is 0.293 e. The summed E-state index contributed by atoms with van der Waals surface area (Å²) in [5.74, 6) is 0.323. The number of nitrogens with one attached hydrogen (secondary N) is 1. The number of carbonyl (C=O) groups is 1. The second-order valence-electron chi connectivity index (χ2n) is 4.18. The van der Waals surface area contributed by atoms with Crippen LogP contribution in [-0.4, -0.2) is 10.9 Å². The number of aromatic nitrogens is 1. The molecule has 0 fully saturated rings. The van der Waals surface area contributed by atoms with Gasteiger partial charge in [-0.25, -0.2) is 4.98 Å². The first-order chi connectivity index (χ1) is 8.88. The quantitative estimate of drug-likeness (QED) is 0.886. The summed E-state index contributed by atoms with van der Waals surface area (Å²) in [6.45, 7) is 5.31. The van der Waals surface area contributed by atoms with Gasteiger partial charge in [-0.05, 0) is 47.5 Å². The van der Waals surface area contributed by atoms with E-state index in [2.05, 4.69) is 26.2 Å². The van der Waals surface area contributed by atoms with Gasteiger partial charge in [0.2, 0.25) is 5.76 Å². The maximum absolute atomic E-state index is 12.1. The fourth-order valence-electron chi connectivity index (χ4n) is 1.66. The summed E-state index contributed by atoms with van der Waals surface area (Å²) in [4.78, 5) is 16.2. The van der Waals surface area contributed by atoms with E-state index >= 15 is 0 Å². The number of benzene rings is 1. The summed E-state index contributed by atoms with van der Waals surface area (Å²) < 4.78 is 6.03. The number of hydrogen-bond acceptors (Lipinski definition) is 3. The second-order valence-corrected chi connectivity index (χ2v) is 5.44. The first-order valence-electron chi connectivity index (χ1n) is 5.59. The topological polar surface area (TPSA) is 55.1 Å². The molecule has 0 saturated heterocycles. The molecular weight excluding hydrogens is 332 g/mol. The second kappa shape index (κ2) is 5.35. The van der Waals surface area contributed by atoms with Crippen molar-refractivity contribution in [2.45, 2.75) is 20.8 Å². The van der Waals surface area contributed by atoms with Gasteiger partial charge in [-0.2, -0.15) is 0 Å². The number of anilines is 1. The van der Waals surface area contributed by atoms with Crippen LogP contribution in [0.1, 0.15) is 27.7 Å². The molecule has 6 heteroatoms. The van der Waals surface area contributed by atoms with Crippen molar-refractivity contribution >= 4 is 39.1 Å². The lowest BCUT2D eigenvalue weighted by molar-refractivity contribution is 0.0994. The average molecular weight is 344 g/mol. The Labute approximate surface area is 124 Å². The minimum atomic E-state index is -0.348. The third-order valence-electron chi connectivity index (χ3n) is 2.61. The van der Waals surface area contributed by atoms with Crippen LogP contribution < -0.4 is 5.32 Å². The number of amides is 1. The standard InChI is InChI=1S/C13H12BrClN2O2/c1-6-4-9(14)11(5-10(6)15)17-13(18)12-7(2)16-8(3)19-12/h4-5H,1-3H3,(H,17,18). The van der Waals surface area contributed by atoms with Crippen LogP contribution in [0, 0.1) is 20.8 Å². The van der Waals surface area contributed by atoms with E-state index in [-0.39, 0.29) is 11.7 Å². The molecule has 1 heterocycles. The molecule has 0 bridgehead atoms. The summed E-state index contributed by atoms with van der Waals surface area (Å²) in [7, 11) is 0. The predicted octanol–water partition coefficient (Wildman–Crippen LogP) is 4.27. The zero-order valence-corrected chi connectivity index (χ0v) is 13.0. The van der Waals surface area contributed by atoms with Crippen LogP contribution in [0.25, 0.3) is 0 Å². The van der Waals surface area contributed by atoms with E-state index in [4.69, 9.17) is 16.0 Å². The van der Waals surface area contributed by atoms with Crippen molar-refractivity contribution in [2.75, 3.05) is 5.32 Å². The Hall–Kier alpha value is -1.33. The lowest BCUT2D eigenvalue weighted by Crippen LogP contribution is -2.12. The molecular formula is C13H12BrClN2O2. The molecule has 4 nitrogen and oxygen atoms in total. The van der Waals surface area contributed by atoms with E-state index in [0.717, 1.165) is 10.0 Å². The number of hydrogen-bond donors (Lipinski definition) is 1. The Morgan fingerprint density at radius 3 is 2.63 bits per heavy atom. The normalized spacial score (nSPS) is 10.6. The minimum absolute atomic E-state index is 0.209. The van der Waals surface area contributed by atoms with E-state index in [1.165, 1.54) is 0 Å². The molecule has 0 aliphatic carbocycles. The van der Waals surface area contributed by atoms with Crippen molar-refractivity contribution in [2.24, 2.45) is 0 Å². The van der Waals surface area contributed by atoms with E-state index in [1.54, 1.807) is 19.9 Å². The van der Waals surface area contributed by atoms with Gasteiger partial charge in [-0.15, -0.1) is 0 Å². The number of nitrogens with zero attached hydrogens (tertiary/aromatic N) is 1. The van der Waals surface area contributed by atoms with Gasteiger partial charge >= 0.3 is 0 Å². The van der Waals surface area contributed by atoms with Crippen LogP contribution in [0.3, 0.4) is 0 Å². The summed E-state index contributed by atoms with van der Waals surface area (Å²) in [5.41, 5.74) is 2.08. The van der Waals surface area contributed by atoms with Crippen molar-refractivity contribution in [3.05, 3.63) is 44.5 Å². The smallest absolute Gasteiger partial charge is 0.293 e. The molecule has 2 aromatic rings. The van der Waals surface area contributed by atoms with Gasteiger partial charge in [-0.1, -0.05) is 11.6 Å². The average Bonchev–Trinajstić information content (AvgIpc) is 2.65. The molecule has 0 saturated carbocycles. The van der Waals surface area contributed by atoms with Gasteiger partial charge < -0.3 is 9.73 Å². The summed E-state index contributed by atoms with van der Waals surface area (Å²) in [6, 6.07) is 3.54. The van der Waals surface area contributed by atoms with Crippen molar-refractivity contribution in [1.82, 2.24) is 4.98 Å². The zero-order valence-electron chi connectivity index (χ0n) is 10.7. The molecule has 19 heavy (non-hydrogen) atoms. The highest BCUT2D eigenvalue weighted by Gasteiger charge is 2.17. The third-order valence-corrected chi connectivity index (χ3v) is 3.67. The first kappa shape index (κ1) is 14.1. The molecule has 100 valence electrons. The molecule has 1 amide bonds. The zero-order chi connectivity index (χ0) is 14.2. The Kier molecular flexibility index (Phi) is 3.96. The van der Waals surface area contributed by atoms with E-state index < -0.39 is 0 Å². The van der Waals surface area contributed by atoms with Gasteiger partial charge in [-0.3, -0.25) is 4.79 Å². The van der Waals surface area contributed by atoms with Gasteiger partial charge in [0.05, 0.1) is 11.4 Å². The molecule has 1 aromatic heterocycles. The fraction of sp³-hybridized carbons (Fsp3) is 0.231. The number of rotatable bonds is 2. The van der Waals surface area contributed by atoms with Crippen molar-refractivity contribution in [3.8, 4) is 0 Å². The number of oxazole rings is 1. The highest BCUT2D eigenvalue weighted by atomic mass is 79.9. The van der Waals surface area contributed by atoms with Crippen LogP contribution in [0.4, 0.5) is 5.69 Å². The SMILES string of the molecule is Cc1nc(C)c(C(=O)Nc2cc(Cl)c(C)cc2Br)o1. The molecule has 0 spiro atoms. The lowest BCUT2D eigenvalue weighted by Gasteiger charge is -2.08. The van der Waals surface area contributed by atoms with Crippen molar-refractivity contribution in [1.29, 1.82) is 0 Å². The molecule has 2 rings (SSSR count). The monoisotopic (exact) mass is 342 g/mol. The molecule has 0 unspecified atom stereocenters. The van der Waals surface area contributed by atoms with E-state index in [0.29, 0.717) is 22.3 Å². The van der Waals surface area contributed by atoms with Gasteiger partial charge in [0.15, 0.2) is 5.89 Å². The maximum atomic E-state index is 12.1. The number of halogens is 2. The molecule has 1 N–H and O–H groups in total. The van der Waals surface area contributed by atoms with Crippen LogP contribution in [0.2, 0.25) is 5.02 Å². The Balaban J connectivity index is 2.29. The highest BCUT2D eigenvalue weighted by molar-refractivity contribution is 9.10. The first-order valence-corrected chi connectivity index (χ1v) is 6.76. The third kappa shape index (κ3) is 2.98. The van der Waals surface area contributed by atoms with Crippen LogP contribution in [0.15, 0.2) is 21.0 Å². The van der Waals surface area contributed by atoms with Gasteiger partial charge in [0.25, 0.3) is 5.91 Å². The minimum Gasteiger partial charge on any atom is -0.436 e. The molecule has 0 radical (unpaired) electrons. The predicted molar refractivity (Wildman–Crippen MR) is 77.8 cm³/mol. The van der Waals surface area contributed by atoms with Crippen LogP contribution in [0.5, 0.6) is 0 Å². The number of carbonyl (C=O) groups excluding carboxylic acids is 1. The Morgan fingerprint density at radius 2 is 2.05 bits per heavy atom. The molecule has 0 aliphatic rings. The highest BCUT2D eigenvalue weighted by Crippen LogP contribution is 2.29. The lowest BCUT2D eigenvalue weighted by atomic mass is 10.2.